The Bertz CT molecular complexity index is 1280. The van der Waals surface area contributed by atoms with E-state index in [1.807, 2.05) is 36.4 Å². The first-order valence-corrected chi connectivity index (χ1v) is 11.9. The molecule has 3 atom stereocenters. The number of benzene rings is 3. The van der Waals surface area contributed by atoms with Crippen molar-refractivity contribution in [1.29, 1.82) is 0 Å². The summed E-state index contributed by atoms with van der Waals surface area (Å²) < 4.78 is 25.3. The van der Waals surface area contributed by atoms with Crippen LogP contribution in [0.2, 0.25) is 0 Å². The molecule has 0 saturated heterocycles. The van der Waals surface area contributed by atoms with Gasteiger partial charge in [-0.3, -0.25) is 4.79 Å². The van der Waals surface area contributed by atoms with Gasteiger partial charge >= 0.3 is 11.9 Å². The summed E-state index contributed by atoms with van der Waals surface area (Å²) in [5.74, 6) is -1.15. The van der Waals surface area contributed by atoms with Crippen LogP contribution in [0.5, 0.6) is 5.75 Å². The lowest BCUT2D eigenvalue weighted by atomic mass is 9.81. The Morgan fingerprint density at radius 1 is 1.06 bits per heavy atom. The summed E-state index contributed by atoms with van der Waals surface area (Å²) in [6.07, 6.45) is 2.10. The molecule has 3 aromatic rings. The quantitative estimate of drug-likeness (QED) is 0.415. The van der Waals surface area contributed by atoms with E-state index in [-0.39, 0.29) is 17.7 Å². The van der Waals surface area contributed by atoms with Gasteiger partial charge in [0.2, 0.25) is 0 Å². The van der Waals surface area contributed by atoms with Crippen LogP contribution < -0.4 is 4.74 Å². The van der Waals surface area contributed by atoms with Crippen molar-refractivity contribution in [1.82, 2.24) is 0 Å². The summed E-state index contributed by atoms with van der Waals surface area (Å²) in [7, 11) is 1.54. The van der Waals surface area contributed by atoms with E-state index >= 15 is 0 Å². The molecule has 0 radical (unpaired) electrons. The molecule has 1 fully saturated rings. The fraction of sp³-hybridized carbons (Fsp3) is 0.310. The Morgan fingerprint density at radius 3 is 2.46 bits per heavy atom. The van der Waals surface area contributed by atoms with Gasteiger partial charge in [-0.1, -0.05) is 43.3 Å². The molecule has 2 aliphatic rings. The smallest absolute Gasteiger partial charge is 0.339 e. The summed E-state index contributed by atoms with van der Waals surface area (Å²) in [6.45, 7) is 1.76. The number of rotatable bonds is 7. The Hall–Kier alpha value is -3.67. The number of halogens is 1. The second-order valence-electron chi connectivity index (χ2n) is 9.47. The highest BCUT2D eigenvalue weighted by Crippen LogP contribution is 2.47. The Kier molecular flexibility index (Phi) is 6.05. The van der Waals surface area contributed by atoms with Crippen LogP contribution in [0.25, 0.3) is 11.1 Å². The van der Waals surface area contributed by atoms with E-state index in [9.17, 15) is 19.1 Å². The van der Waals surface area contributed by atoms with Gasteiger partial charge in [-0.25, -0.2) is 9.18 Å². The molecule has 1 saturated carbocycles. The van der Waals surface area contributed by atoms with Gasteiger partial charge in [-0.15, -0.1) is 0 Å². The van der Waals surface area contributed by atoms with Gasteiger partial charge in [0.25, 0.3) is 0 Å². The van der Waals surface area contributed by atoms with Crippen molar-refractivity contribution in [2.75, 3.05) is 7.11 Å². The van der Waals surface area contributed by atoms with E-state index in [2.05, 4.69) is 0 Å². The third kappa shape index (κ3) is 4.53. The molecular weight excluding hydrogens is 447 g/mol. The second kappa shape index (κ2) is 9.17. The number of fused-ring (bicyclic) bond motifs is 1. The summed E-state index contributed by atoms with van der Waals surface area (Å²) in [5, 5.41) is 9.61. The van der Waals surface area contributed by atoms with Gasteiger partial charge in [0, 0.05) is 12.0 Å². The van der Waals surface area contributed by atoms with E-state index in [1.54, 1.807) is 25.1 Å². The number of carbonyl (C=O) groups is 2. The first kappa shape index (κ1) is 23.1. The van der Waals surface area contributed by atoms with Crippen LogP contribution in [-0.2, 0) is 16.0 Å². The Balaban J connectivity index is 1.41. The van der Waals surface area contributed by atoms with Crippen LogP contribution in [0, 0.1) is 17.7 Å². The van der Waals surface area contributed by atoms with E-state index in [4.69, 9.17) is 9.47 Å². The summed E-state index contributed by atoms with van der Waals surface area (Å²) in [4.78, 5) is 24.5. The molecule has 0 bridgehead atoms. The lowest BCUT2D eigenvalue weighted by Gasteiger charge is -2.27. The topological polar surface area (TPSA) is 72.8 Å². The van der Waals surface area contributed by atoms with E-state index in [1.165, 1.54) is 13.2 Å². The minimum Gasteiger partial charge on any atom is -0.497 e. The summed E-state index contributed by atoms with van der Waals surface area (Å²) in [6, 6.07) is 17.5. The van der Waals surface area contributed by atoms with E-state index < -0.39 is 18.0 Å². The molecular formula is C29H27FO5. The Morgan fingerprint density at radius 2 is 1.80 bits per heavy atom. The number of hydrogen-bond acceptors (Lipinski definition) is 4. The molecule has 6 heteroatoms. The maximum absolute atomic E-state index is 14.4. The van der Waals surface area contributed by atoms with Gasteiger partial charge < -0.3 is 14.6 Å². The van der Waals surface area contributed by atoms with Crippen LogP contribution in [0.3, 0.4) is 0 Å². The van der Waals surface area contributed by atoms with Crippen molar-refractivity contribution in [3.05, 3.63) is 88.7 Å². The van der Waals surface area contributed by atoms with Gasteiger partial charge in [0.1, 0.15) is 17.7 Å². The fourth-order valence-corrected chi connectivity index (χ4v) is 5.12. The molecule has 1 aliphatic heterocycles. The van der Waals surface area contributed by atoms with Crippen LogP contribution in [-0.4, -0.2) is 24.2 Å². The maximum Gasteiger partial charge on any atom is 0.339 e. The highest BCUT2D eigenvalue weighted by molar-refractivity contribution is 5.92. The molecule has 3 aromatic carbocycles. The molecule has 1 N–H and O–H groups in total. The third-order valence-corrected chi connectivity index (χ3v) is 7.21. The van der Waals surface area contributed by atoms with Crippen molar-refractivity contribution >= 4 is 11.9 Å². The molecule has 180 valence electrons. The van der Waals surface area contributed by atoms with Crippen LogP contribution in [0.4, 0.5) is 4.39 Å². The van der Waals surface area contributed by atoms with Crippen LogP contribution >= 0.6 is 0 Å². The van der Waals surface area contributed by atoms with Crippen molar-refractivity contribution in [2.45, 2.75) is 38.2 Å². The number of methoxy groups -OCH3 is 1. The normalized spacial score (nSPS) is 18.8. The van der Waals surface area contributed by atoms with Gasteiger partial charge in [0.15, 0.2) is 0 Å². The molecule has 1 heterocycles. The average Bonchev–Trinajstić information content (AvgIpc) is 3.69. The number of cyclic esters (lactones) is 1. The lowest BCUT2D eigenvalue weighted by molar-refractivity contribution is -0.142. The van der Waals surface area contributed by atoms with E-state index in [0.29, 0.717) is 34.8 Å². The molecule has 0 aromatic heterocycles. The number of hydrogen-bond donors (Lipinski definition) is 1. The van der Waals surface area contributed by atoms with E-state index in [0.717, 1.165) is 29.5 Å². The number of ether oxygens (including phenoxy) is 2. The third-order valence-electron chi connectivity index (χ3n) is 7.21. The number of carboxylic acids is 1. The van der Waals surface area contributed by atoms with Gasteiger partial charge in [-0.05, 0) is 71.2 Å². The summed E-state index contributed by atoms with van der Waals surface area (Å²) in [5.41, 5.74) is 4.32. The molecule has 5 nitrogen and oxygen atoms in total. The predicted molar refractivity (Wildman–Crippen MR) is 129 cm³/mol. The summed E-state index contributed by atoms with van der Waals surface area (Å²) >= 11 is 0. The van der Waals surface area contributed by atoms with Crippen molar-refractivity contribution < 1.29 is 28.6 Å². The first-order valence-electron chi connectivity index (χ1n) is 11.9. The number of aliphatic carboxylic acids is 1. The number of esters is 1. The molecule has 35 heavy (non-hydrogen) atoms. The zero-order valence-corrected chi connectivity index (χ0v) is 19.7. The standard InChI is InChI=1S/C29H27FO5/c1-16(28(31)32)27(19-7-8-19)20-9-11-23-21(13-20)14-26(35-29(23)33)18-5-3-17(4-6-18)24-15-22(34-2)10-12-25(24)30/h3-6,9-13,15-16,19,26-27H,7-8,14H2,1-2H3,(H,31,32)/t16-,26-,27-/m0/s1. The maximum atomic E-state index is 14.4. The monoisotopic (exact) mass is 474 g/mol. The van der Waals surface area contributed by atoms with Crippen molar-refractivity contribution in [3.8, 4) is 16.9 Å². The van der Waals surface area contributed by atoms with Crippen molar-refractivity contribution in [2.24, 2.45) is 11.8 Å². The molecule has 1 aliphatic carbocycles. The van der Waals surface area contributed by atoms with Crippen LogP contribution in [0.1, 0.15) is 58.8 Å². The molecule has 0 spiro atoms. The largest absolute Gasteiger partial charge is 0.497 e. The van der Waals surface area contributed by atoms with Gasteiger partial charge in [0.05, 0.1) is 18.6 Å². The number of carboxylic acid groups (broad SMARTS) is 1. The van der Waals surface area contributed by atoms with Gasteiger partial charge in [-0.2, -0.15) is 0 Å². The molecule has 0 unspecified atom stereocenters. The zero-order chi connectivity index (χ0) is 24.7. The second-order valence-corrected chi connectivity index (χ2v) is 9.47. The average molecular weight is 475 g/mol. The first-order chi connectivity index (χ1) is 16.9. The molecule has 0 amide bonds. The fourth-order valence-electron chi connectivity index (χ4n) is 5.12. The lowest BCUT2D eigenvalue weighted by Crippen LogP contribution is -2.24. The minimum absolute atomic E-state index is 0.0637. The predicted octanol–water partition coefficient (Wildman–Crippen LogP) is 6.17. The minimum atomic E-state index is -0.801. The molecule has 5 rings (SSSR count). The Labute approximate surface area is 203 Å². The van der Waals surface area contributed by atoms with Crippen LogP contribution in [0.15, 0.2) is 60.7 Å². The highest BCUT2D eigenvalue weighted by atomic mass is 19.1. The SMILES string of the molecule is COc1ccc(F)c(-c2ccc([C@@H]3Cc4cc([C@H](C5CC5)[C@H](C)C(=O)O)ccc4C(=O)O3)cc2)c1. The van der Waals surface area contributed by atoms with Crippen molar-refractivity contribution in [3.63, 3.8) is 0 Å². The number of carbonyl (C=O) groups excluding carboxylic acids is 1. The zero-order valence-electron chi connectivity index (χ0n) is 19.7. The highest BCUT2D eigenvalue weighted by Gasteiger charge is 2.39.